The second kappa shape index (κ2) is 6.40. The van der Waals surface area contributed by atoms with Crippen molar-refractivity contribution in [1.29, 1.82) is 0 Å². The molecule has 0 spiro atoms. The third-order valence-electron chi connectivity index (χ3n) is 4.48. The van der Waals surface area contributed by atoms with Crippen LogP contribution in [0.3, 0.4) is 0 Å². The maximum atomic E-state index is 5.46. The molecule has 0 N–H and O–H groups in total. The van der Waals surface area contributed by atoms with Crippen molar-refractivity contribution in [2.45, 2.75) is 6.42 Å². The highest BCUT2D eigenvalue weighted by atomic mass is 16.5. The van der Waals surface area contributed by atoms with E-state index in [1.54, 1.807) is 14.2 Å². The fraction of sp³-hybridized carbons (Fsp3) is 0.143. The van der Waals surface area contributed by atoms with E-state index in [9.17, 15) is 0 Å². The minimum Gasteiger partial charge on any atom is -0.493 e. The molecule has 25 heavy (non-hydrogen) atoms. The summed E-state index contributed by atoms with van der Waals surface area (Å²) in [5.41, 5.74) is 2.25. The first kappa shape index (κ1) is 15.4. The molecular weight excluding hydrogens is 312 g/mol. The SMILES string of the molecule is COc1cc2ccnc(Cc3cccc4cnccc34)c2cc1OC. The lowest BCUT2D eigenvalue weighted by molar-refractivity contribution is 0.356. The number of hydrogen-bond donors (Lipinski definition) is 0. The Kier molecular flexibility index (Phi) is 3.94. The average Bonchev–Trinajstić information content (AvgIpc) is 2.67. The monoisotopic (exact) mass is 330 g/mol. The molecule has 0 atom stereocenters. The molecule has 0 aliphatic rings. The van der Waals surface area contributed by atoms with Gasteiger partial charge in [-0.15, -0.1) is 0 Å². The Hall–Kier alpha value is -3.14. The predicted molar refractivity (Wildman–Crippen MR) is 99.4 cm³/mol. The Balaban J connectivity index is 1.86. The molecule has 4 heteroatoms. The first-order valence-corrected chi connectivity index (χ1v) is 8.11. The summed E-state index contributed by atoms with van der Waals surface area (Å²) in [5.74, 6) is 1.44. The molecule has 2 aromatic carbocycles. The van der Waals surface area contributed by atoms with Crippen molar-refractivity contribution in [2.24, 2.45) is 0 Å². The largest absolute Gasteiger partial charge is 0.493 e. The van der Waals surface area contributed by atoms with E-state index in [0.29, 0.717) is 5.75 Å². The number of benzene rings is 2. The number of fused-ring (bicyclic) bond motifs is 2. The molecule has 2 aromatic heterocycles. The van der Waals surface area contributed by atoms with E-state index in [1.165, 1.54) is 10.9 Å². The van der Waals surface area contributed by atoms with Crippen LogP contribution in [-0.2, 0) is 6.42 Å². The average molecular weight is 330 g/mol. The van der Waals surface area contributed by atoms with Crippen LogP contribution in [0.4, 0.5) is 0 Å². The Bertz CT molecular complexity index is 1050. The molecule has 0 bridgehead atoms. The molecule has 0 saturated carbocycles. The number of rotatable bonds is 4. The van der Waals surface area contributed by atoms with Crippen LogP contribution in [0.2, 0.25) is 0 Å². The van der Waals surface area contributed by atoms with Crippen molar-refractivity contribution in [1.82, 2.24) is 9.97 Å². The molecule has 4 rings (SSSR count). The highest BCUT2D eigenvalue weighted by Crippen LogP contribution is 2.34. The fourth-order valence-electron chi connectivity index (χ4n) is 3.22. The molecule has 4 aromatic rings. The Labute approximate surface area is 146 Å². The summed E-state index contributed by atoms with van der Waals surface area (Å²) in [5, 5.41) is 4.51. The molecule has 0 saturated heterocycles. The maximum absolute atomic E-state index is 5.46. The summed E-state index contributed by atoms with van der Waals surface area (Å²) < 4.78 is 10.9. The molecule has 0 aliphatic heterocycles. The Morgan fingerprint density at radius 1 is 0.840 bits per heavy atom. The zero-order valence-electron chi connectivity index (χ0n) is 14.2. The minimum absolute atomic E-state index is 0.714. The van der Waals surface area contributed by atoms with Crippen LogP contribution in [0.25, 0.3) is 21.5 Å². The van der Waals surface area contributed by atoms with Gasteiger partial charge >= 0.3 is 0 Å². The van der Waals surface area contributed by atoms with Gasteiger partial charge in [0.15, 0.2) is 11.5 Å². The highest BCUT2D eigenvalue weighted by Gasteiger charge is 2.11. The number of hydrogen-bond acceptors (Lipinski definition) is 4. The lowest BCUT2D eigenvalue weighted by Crippen LogP contribution is -1.97. The van der Waals surface area contributed by atoms with E-state index in [1.807, 2.05) is 36.8 Å². The van der Waals surface area contributed by atoms with Gasteiger partial charge in [0.25, 0.3) is 0 Å². The number of ether oxygens (including phenoxy) is 2. The summed E-state index contributed by atoms with van der Waals surface area (Å²) in [7, 11) is 3.30. The molecule has 0 radical (unpaired) electrons. The lowest BCUT2D eigenvalue weighted by atomic mass is 9.99. The zero-order chi connectivity index (χ0) is 17.2. The van der Waals surface area contributed by atoms with Gasteiger partial charge in [-0.25, -0.2) is 0 Å². The van der Waals surface area contributed by atoms with Crippen molar-refractivity contribution in [3.63, 3.8) is 0 Å². The molecule has 124 valence electrons. The predicted octanol–water partition coefficient (Wildman–Crippen LogP) is 4.39. The topological polar surface area (TPSA) is 44.2 Å². The Morgan fingerprint density at radius 3 is 2.52 bits per heavy atom. The molecule has 0 amide bonds. The van der Waals surface area contributed by atoms with Crippen LogP contribution in [-0.4, -0.2) is 24.2 Å². The minimum atomic E-state index is 0.714. The zero-order valence-corrected chi connectivity index (χ0v) is 14.2. The third kappa shape index (κ3) is 2.76. The number of nitrogens with zero attached hydrogens (tertiary/aromatic N) is 2. The number of pyridine rings is 2. The van der Waals surface area contributed by atoms with Crippen LogP contribution in [0.15, 0.2) is 61.1 Å². The molecule has 0 fully saturated rings. The maximum Gasteiger partial charge on any atom is 0.161 e. The van der Waals surface area contributed by atoms with Gasteiger partial charge in [-0.3, -0.25) is 9.97 Å². The first-order chi connectivity index (χ1) is 12.3. The summed E-state index contributed by atoms with van der Waals surface area (Å²) in [4.78, 5) is 8.83. The van der Waals surface area contributed by atoms with Gasteiger partial charge in [0.2, 0.25) is 0 Å². The van der Waals surface area contributed by atoms with Crippen LogP contribution < -0.4 is 9.47 Å². The third-order valence-corrected chi connectivity index (χ3v) is 4.48. The number of methoxy groups -OCH3 is 2. The van der Waals surface area contributed by atoms with E-state index in [4.69, 9.17) is 9.47 Å². The van der Waals surface area contributed by atoms with E-state index in [-0.39, 0.29) is 0 Å². The van der Waals surface area contributed by atoms with Gasteiger partial charge in [-0.2, -0.15) is 0 Å². The van der Waals surface area contributed by atoms with E-state index >= 15 is 0 Å². The van der Waals surface area contributed by atoms with E-state index < -0.39 is 0 Å². The van der Waals surface area contributed by atoms with Gasteiger partial charge < -0.3 is 9.47 Å². The van der Waals surface area contributed by atoms with Crippen LogP contribution in [0, 0.1) is 0 Å². The molecule has 2 heterocycles. The van der Waals surface area contributed by atoms with Gasteiger partial charge in [0, 0.05) is 35.8 Å². The van der Waals surface area contributed by atoms with E-state index in [0.717, 1.165) is 34.0 Å². The summed E-state index contributed by atoms with van der Waals surface area (Å²) >= 11 is 0. The normalized spacial score (nSPS) is 11.0. The van der Waals surface area contributed by atoms with E-state index in [2.05, 4.69) is 34.2 Å². The Morgan fingerprint density at radius 2 is 1.68 bits per heavy atom. The van der Waals surface area contributed by atoms with Crippen LogP contribution >= 0.6 is 0 Å². The van der Waals surface area contributed by atoms with Crippen molar-refractivity contribution >= 4 is 21.5 Å². The molecular formula is C21H18N2O2. The quantitative estimate of drug-likeness (QED) is 0.556. The second-order valence-corrected chi connectivity index (χ2v) is 5.88. The van der Waals surface area contributed by atoms with Gasteiger partial charge in [0.05, 0.1) is 19.9 Å². The van der Waals surface area contributed by atoms with Crippen molar-refractivity contribution < 1.29 is 9.47 Å². The van der Waals surface area contributed by atoms with Crippen LogP contribution in [0.5, 0.6) is 11.5 Å². The summed E-state index contributed by atoms with van der Waals surface area (Å²) in [6, 6.07) is 14.3. The first-order valence-electron chi connectivity index (χ1n) is 8.11. The standard InChI is InChI=1S/C21H18N2O2/c1-24-20-11-15-6-9-23-19(18(15)12-21(20)25-2)10-14-4-3-5-16-13-22-8-7-17(14)16/h3-9,11-13H,10H2,1-2H3. The van der Waals surface area contributed by atoms with Crippen molar-refractivity contribution in [2.75, 3.05) is 14.2 Å². The van der Waals surface area contributed by atoms with Gasteiger partial charge in [0.1, 0.15) is 0 Å². The molecule has 0 unspecified atom stereocenters. The lowest BCUT2D eigenvalue weighted by Gasteiger charge is -2.12. The molecule has 4 nitrogen and oxygen atoms in total. The van der Waals surface area contributed by atoms with Crippen molar-refractivity contribution in [3.05, 3.63) is 72.3 Å². The smallest absolute Gasteiger partial charge is 0.161 e. The van der Waals surface area contributed by atoms with Gasteiger partial charge in [-0.05, 0) is 40.6 Å². The van der Waals surface area contributed by atoms with Gasteiger partial charge in [-0.1, -0.05) is 18.2 Å². The molecule has 0 aliphatic carbocycles. The van der Waals surface area contributed by atoms with Crippen molar-refractivity contribution in [3.8, 4) is 11.5 Å². The van der Waals surface area contributed by atoms with Crippen LogP contribution in [0.1, 0.15) is 11.3 Å². The summed E-state index contributed by atoms with van der Waals surface area (Å²) in [6.45, 7) is 0. The number of aromatic nitrogens is 2. The summed E-state index contributed by atoms with van der Waals surface area (Å²) in [6.07, 6.45) is 6.31. The highest BCUT2D eigenvalue weighted by molar-refractivity contribution is 5.89. The fourth-order valence-corrected chi connectivity index (χ4v) is 3.22. The second-order valence-electron chi connectivity index (χ2n) is 5.88.